The Morgan fingerprint density at radius 3 is 2.65 bits per heavy atom. The Balaban J connectivity index is 0.00000196. The minimum absolute atomic E-state index is 0. The number of nitrogens with zero attached hydrogens (tertiary/aromatic N) is 3. The largest absolute Gasteiger partial charge is 1.00 e. The number of hydrogen-bond donors (Lipinski definition) is 0. The lowest BCUT2D eigenvalue weighted by molar-refractivity contribution is -0.664. The number of allylic oxidation sites excluding steroid dienone is 3. The molecule has 2 aliphatic rings. The first kappa shape index (κ1) is 20.4. The van der Waals surface area contributed by atoms with Gasteiger partial charge in [-0.15, -0.1) is 11.8 Å². The van der Waals surface area contributed by atoms with Crippen LogP contribution in [0.3, 0.4) is 0 Å². The summed E-state index contributed by atoms with van der Waals surface area (Å²) in [6.45, 7) is 8.55. The van der Waals surface area contributed by atoms with Crippen LogP contribution in [-0.2, 0) is 13.1 Å². The molecule has 3 nitrogen and oxygen atoms in total. The molecule has 0 spiro atoms. The van der Waals surface area contributed by atoms with E-state index in [2.05, 4.69) is 40.0 Å². The fraction of sp³-hybridized carbons (Fsp3) is 0.421. The van der Waals surface area contributed by atoms with Crippen molar-refractivity contribution in [3.63, 3.8) is 0 Å². The zero-order chi connectivity index (χ0) is 17.6. The van der Waals surface area contributed by atoms with Gasteiger partial charge in [-0.25, -0.2) is 9.13 Å². The summed E-state index contributed by atoms with van der Waals surface area (Å²) in [6, 6.07) is 4.00. The van der Waals surface area contributed by atoms with Crippen LogP contribution in [0.2, 0.25) is 10.0 Å². The topological polar surface area (TPSA) is 12.1 Å². The predicted molar refractivity (Wildman–Crippen MR) is 108 cm³/mol. The fourth-order valence-corrected chi connectivity index (χ4v) is 5.23. The number of hydrogen-bond acceptors (Lipinski definition) is 2. The van der Waals surface area contributed by atoms with Crippen molar-refractivity contribution in [3.05, 3.63) is 45.2 Å². The first-order valence-electron chi connectivity index (χ1n) is 8.84. The van der Waals surface area contributed by atoms with E-state index in [-0.39, 0.29) is 24.0 Å². The van der Waals surface area contributed by atoms with Crippen LogP contribution in [0.25, 0.3) is 16.6 Å². The van der Waals surface area contributed by atoms with Gasteiger partial charge in [-0.2, -0.15) is 0 Å². The summed E-state index contributed by atoms with van der Waals surface area (Å²) >= 11 is 14.5. The summed E-state index contributed by atoms with van der Waals surface area (Å²) in [4.78, 5) is 2.44. The zero-order valence-corrected chi connectivity index (χ0v) is 19.4. The number of fused-ring (bicyclic) bond motifs is 3. The van der Waals surface area contributed by atoms with E-state index in [1.165, 1.54) is 27.7 Å². The number of imidazole rings is 1. The molecule has 0 bridgehead atoms. The van der Waals surface area contributed by atoms with Crippen molar-refractivity contribution in [1.82, 2.24) is 9.47 Å². The summed E-state index contributed by atoms with van der Waals surface area (Å²) in [5.74, 6) is 2.48. The highest BCUT2D eigenvalue weighted by atomic mass is 127. The number of thioether (sulfide) groups is 1. The van der Waals surface area contributed by atoms with Crippen LogP contribution < -0.4 is 28.5 Å². The Morgan fingerprint density at radius 1 is 1.15 bits per heavy atom. The van der Waals surface area contributed by atoms with E-state index >= 15 is 0 Å². The van der Waals surface area contributed by atoms with Crippen molar-refractivity contribution in [1.29, 1.82) is 0 Å². The third kappa shape index (κ3) is 3.40. The lowest BCUT2D eigenvalue weighted by atomic mass is 10.2. The Bertz CT molecular complexity index is 883. The summed E-state index contributed by atoms with van der Waals surface area (Å²) in [5.41, 5.74) is 3.73. The molecular formula is C19H22Cl2IN3S. The predicted octanol–water partition coefficient (Wildman–Crippen LogP) is 1.96. The molecular weight excluding hydrogens is 500 g/mol. The number of aromatic nitrogens is 2. The van der Waals surface area contributed by atoms with Crippen molar-refractivity contribution < 1.29 is 28.5 Å². The maximum absolute atomic E-state index is 6.27. The van der Waals surface area contributed by atoms with Crippen molar-refractivity contribution in [3.8, 4) is 0 Å². The number of halogens is 3. The summed E-state index contributed by atoms with van der Waals surface area (Å²) in [7, 11) is 0. The first-order valence-corrected chi connectivity index (χ1v) is 10.6. The van der Waals surface area contributed by atoms with Gasteiger partial charge in [-0.3, -0.25) is 0 Å². The Labute approximate surface area is 186 Å². The van der Waals surface area contributed by atoms with Crippen LogP contribution in [0.4, 0.5) is 0 Å². The normalized spacial score (nSPS) is 19.6. The van der Waals surface area contributed by atoms with Crippen molar-refractivity contribution in [2.75, 3.05) is 18.8 Å². The molecule has 0 aliphatic carbocycles. The Morgan fingerprint density at radius 2 is 1.92 bits per heavy atom. The third-order valence-corrected chi connectivity index (χ3v) is 6.85. The van der Waals surface area contributed by atoms with Crippen molar-refractivity contribution in [2.24, 2.45) is 0 Å². The maximum Gasteiger partial charge on any atom is 0.285 e. The molecule has 140 valence electrons. The number of rotatable bonds is 3. The molecule has 0 atom stereocenters. The van der Waals surface area contributed by atoms with Gasteiger partial charge in [0.1, 0.15) is 0 Å². The highest BCUT2D eigenvalue weighted by molar-refractivity contribution is 8.03. The second-order valence-electron chi connectivity index (χ2n) is 6.35. The highest BCUT2D eigenvalue weighted by Gasteiger charge is 2.32. The van der Waals surface area contributed by atoms with E-state index in [1.807, 2.05) is 23.9 Å². The molecule has 1 aromatic heterocycles. The van der Waals surface area contributed by atoms with Crippen LogP contribution in [0, 0.1) is 0 Å². The van der Waals surface area contributed by atoms with E-state index in [9.17, 15) is 0 Å². The maximum atomic E-state index is 6.27. The molecule has 3 heterocycles. The van der Waals surface area contributed by atoms with Gasteiger partial charge in [-0.1, -0.05) is 23.2 Å². The molecule has 0 N–H and O–H groups in total. The molecule has 0 amide bonds. The van der Waals surface area contributed by atoms with Crippen LogP contribution in [0.1, 0.15) is 26.1 Å². The Kier molecular flexibility index (Phi) is 6.53. The summed E-state index contributed by atoms with van der Waals surface area (Å²) in [6.07, 6.45) is 5.67. The second-order valence-corrected chi connectivity index (χ2v) is 8.28. The van der Waals surface area contributed by atoms with Crippen molar-refractivity contribution in [2.45, 2.75) is 33.4 Å². The zero-order valence-electron chi connectivity index (χ0n) is 14.9. The van der Waals surface area contributed by atoms with Gasteiger partial charge in [0.25, 0.3) is 5.82 Å². The second kappa shape index (κ2) is 8.33. The average molecular weight is 522 g/mol. The first-order chi connectivity index (χ1) is 12.1. The minimum atomic E-state index is 0. The molecule has 0 unspecified atom stereocenters. The van der Waals surface area contributed by atoms with Gasteiger partial charge in [0, 0.05) is 43.0 Å². The molecule has 7 heteroatoms. The van der Waals surface area contributed by atoms with Gasteiger partial charge in [0.2, 0.25) is 0 Å². The molecule has 4 rings (SSSR count). The Hall–Kier alpha value is -0.370. The molecule has 1 fully saturated rings. The quantitative estimate of drug-likeness (QED) is 0.452. The van der Waals surface area contributed by atoms with Gasteiger partial charge >= 0.3 is 0 Å². The van der Waals surface area contributed by atoms with Gasteiger partial charge in [-0.05, 0) is 26.0 Å². The van der Waals surface area contributed by atoms with E-state index in [0.717, 1.165) is 38.1 Å². The molecule has 0 saturated carbocycles. The molecule has 0 radical (unpaired) electrons. The van der Waals surface area contributed by atoms with E-state index in [4.69, 9.17) is 23.2 Å². The third-order valence-electron chi connectivity index (χ3n) is 5.05. The molecule has 26 heavy (non-hydrogen) atoms. The SMILES string of the molecule is CCN1CCSC1=CC=C1CC[n+]2c1n(CC)c1cc(Cl)c(Cl)cc12.[I-]. The van der Waals surface area contributed by atoms with Crippen LogP contribution in [0.5, 0.6) is 0 Å². The van der Waals surface area contributed by atoms with E-state index < -0.39 is 0 Å². The standard InChI is InChI=1S/C19H22Cl2N3S.HI/c1-3-22-9-10-25-18(22)6-5-13-7-8-24-17-12-15(21)14(20)11-16(17)23(4-2)19(13)24;/h5-6,11-12H,3-4,7-10H2,1-2H3;1H/q+1;/p-1. The van der Waals surface area contributed by atoms with Crippen molar-refractivity contribution >= 4 is 51.6 Å². The van der Waals surface area contributed by atoms with Crippen LogP contribution in [-0.4, -0.2) is 28.3 Å². The minimum Gasteiger partial charge on any atom is -1.00 e. The number of aryl methyl sites for hydroxylation is 2. The molecule has 2 aliphatic heterocycles. The smallest absolute Gasteiger partial charge is 0.285 e. The van der Waals surface area contributed by atoms with Gasteiger partial charge in [0.15, 0.2) is 11.0 Å². The van der Waals surface area contributed by atoms with Crippen LogP contribution in [0.15, 0.2) is 29.3 Å². The molecule has 2 aromatic rings. The average Bonchev–Trinajstić information content (AvgIpc) is 3.29. The van der Waals surface area contributed by atoms with E-state index in [0.29, 0.717) is 10.0 Å². The van der Waals surface area contributed by atoms with E-state index in [1.54, 1.807) is 0 Å². The number of benzene rings is 1. The monoisotopic (exact) mass is 521 g/mol. The highest BCUT2D eigenvalue weighted by Crippen LogP contribution is 2.33. The fourth-order valence-electron chi connectivity index (χ4n) is 3.83. The van der Waals surface area contributed by atoms with Crippen LogP contribution >= 0.6 is 35.0 Å². The molecule has 1 saturated heterocycles. The van der Waals surface area contributed by atoms with Gasteiger partial charge in [0.05, 0.1) is 28.2 Å². The summed E-state index contributed by atoms with van der Waals surface area (Å²) < 4.78 is 4.74. The lowest BCUT2D eigenvalue weighted by Crippen LogP contribution is -3.00. The molecule has 1 aromatic carbocycles. The summed E-state index contributed by atoms with van der Waals surface area (Å²) in [5, 5.41) is 2.63. The lowest BCUT2D eigenvalue weighted by Gasteiger charge is -2.15. The van der Waals surface area contributed by atoms with Gasteiger partial charge < -0.3 is 28.9 Å².